The van der Waals surface area contributed by atoms with Gasteiger partial charge in [0.1, 0.15) is 0 Å². The molecule has 0 aliphatic carbocycles. The van der Waals surface area contributed by atoms with Crippen LogP contribution < -0.4 is 11.1 Å². The molecule has 19 heavy (non-hydrogen) atoms. The summed E-state index contributed by atoms with van der Waals surface area (Å²) in [5.41, 5.74) is 7.79. The van der Waals surface area contributed by atoms with Crippen molar-refractivity contribution in [2.24, 2.45) is 0 Å². The van der Waals surface area contributed by atoms with Gasteiger partial charge < -0.3 is 11.1 Å². The van der Waals surface area contributed by atoms with Gasteiger partial charge in [-0.15, -0.1) is 0 Å². The largest absolute Gasteiger partial charge is 0.398 e. The summed E-state index contributed by atoms with van der Waals surface area (Å²) in [7, 11) is 0. The second-order valence-electron chi connectivity index (χ2n) is 4.19. The Labute approximate surface area is 120 Å². The number of carbonyl (C=O) groups is 1. The van der Waals surface area contributed by atoms with Gasteiger partial charge in [0.2, 0.25) is 0 Å². The number of nitrogens with one attached hydrogen (secondary N) is 1. The van der Waals surface area contributed by atoms with Crippen LogP contribution in [-0.4, -0.2) is 10.9 Å². The lowest BCUT2D eigenvalue weighted by Crippen LogP contribution is -2.27. The second kappa shape index (κ2) is 5.84. The van der Waals surface area contributed by atoms with Crippen LogP contribution >= 0.6 is 15.9 Å². The molecule has 98 valence electrons. The van der Waals surface area contributed by atoms with Crippen LogP contribution in [0.1, 0.15) is 28.9 Å². The number of pyridine rings is 1. The molecule has 4 nitrogen and oxygen atoms in total. The molecule has 2 aromatic rings. The minimum atomic E-state index is -0.171. The predicted molar refractivity (Wildman–Crippen MR) is 78.7 cm³/mol. The third-order valence-corrected chi connectivity index (χ3v) is 3.69. The third kappa shape index (κ3) is 3.12. The predicted octanol–water partition coefficient (Wildman–Crippen LogP) is 2.92. The third-order valence-electron chi connectivity index (χ3n) is 2.81. The fourth-order valence-corrected chi connectivity index (χ4v) is 2.16. The summed E-state index contributed by atoms with van der Waals surface area (Å²) in [6.45, 7) is 1.91. The van der Waals surface area contributed by atoms with Gasteiger partial charge in [0.05, 0.1) is 16.1 Å². The van der Waals surface area contributed by atoms with Gasteiger partial charge in [0, 0.05) is 18.1 Å². The highest BCUT2D eigenvalue weighted by atomic mass is 79.9. The van der Waals surface area contributed by atoms with Crippen LogP contribution in [0.2, 0.25) is 0 Å². The van der Waals surface area contributed by atoms with Gasteiger partial charge in [-0.05, 0) is 46.6 Å². The molecule has 1 aromatic heterocycles. The maximum atomic E-state index is 12.2. The maximum absolute atomic E-state index is 12.2. The molecular formula is C14H14BrN3O. The number of nitrogen functional groups attached to an aromatic ring is 1. The molecule has 0 aliphatic heterocycles. The van der Waals surface area contributed by atoms with E-state index in [2.05, 4.69) is 26.2 Å². The van der Waals surface area contributed by atoms with Gasteiger partial charge in [0.25, 0.3) is 5.91 Å². The Morgan fingerprint density at radius 2 is 2.16 bits per heavy atom. The first-order chi connectivity index (χ1) is 9.09. The number of benzene rings is 1. The van der Waals surface area contributed by atoms with Crippen molar-refractivity contribution in [3.05, 3.63) is 58.3 Å². The van der Waals surface area contributed by atoms with Crippen molar-refractivity contribution in [2.45, 2.75) is 13.0 Å². The van der Waals surface area contributed by atoms with Crippen molar-refractivity contribution in [1.29, 1.82) is 0 Å². The van der Waals surface area contributed by atoms with Gasteiger partial charge in [0.15, 0.2) is 0 Å². The molecular weight excluding hydrogens is 306 g/mol. The first kappa shape index (κ1) is 13.5. The highest BCUT2D eigenvalue weighted by Crippen LogP contribution is 2.24. The molecule has 0 radical (unpaired) electrons. The van der Waals surface area contributed by atoms with E-state index in [4.69, 9.17) is 5.73 Å². The first-order valence-electron chi connectivity index (χ1n) is 5.84. The molecule has 0 bridgehead atoms. The normalized spacial score (nSPS) is 11.9. The maximum Gasteiger partial charge on any atom is 0.252 e. The number of carbonyl (C=O) groups excluding carboxylic acids is 1. The number of hydrogen-bond donors (Lipinski definition) is 2. The van der Waals surface area contributed by atoms with Gasteiger partial charge in [-0.25, -0.2) is 0 Å². The summed E-state index contributed by atoms with van der Waals surface area (Å²) in [6, 6.07) is 8.87. The summed E-state index contributed by atoms with van der Waals surface area (Å²) < 4.78 is 0.617. The Kier molecular flexibility index (Phi) is 4.16. The van der Waals surface area contributed by atoms with E-state index in [0.29, 0.717) is 15.7 Å². The van der Waals surface area contributed by atoms with E-state index < -0.39 is 0 Å². The Morgan fingerprint density at radius 3 is 2.84 bits per heavy atom. The molecule has 1 unspecified atom stereocenters. The van der Waals surface area contributed by atoms with E-state index >= 15 is 0 Å². The molecule has 3 N–H and O–H groups in total. The van der Waals surface area contributed by atoms with E-state index in [1.807, 2.05) is 19.1 Å². The number of nitrogens with two attached hydrogens (primary N) is 1. The lowest BCUT2D eigenvalue weighted by molar-refractivity contribution is 0.0939. The summed E-state index contributed by atoms with van der Waals surface area (Å²) in [6.07, 6.45) is 3.44. The van der Waals surface area contributed by atoms with Crippen molar-refractivity contribution in [3.8, 4) is 0 Å². The van der Waals surface area contributed by atoms with Crippen LogP contribution in [0.15, 0.2) is 47.2 Å². The average Bonchev–Trinajstić information content (AvgIpc) is 2.42. The number of halogens is 1. The number of rotatable bonds is 3. The topological polar surface area (TPSA) is 68.0 Å². The lowest BCUT2D eigenvalue weighted by Gasteiger charge is -2.15. The molecule has 1 heterocycles. The van der Waals surface area contributed by atoms with E-state index in [1.54, 1.807) is 30.6 Å². The average molecular weight is 320 g/mol. The molecule has 0 aliphatic rings. The summed E-state index contributed by atoms with van der Waals surface area (Å²) in [5, 5.41) is 2.92. The van der Waals surface area contributed by atoms with Crippen molar-refractivity contribution in [1.82, 2.24) is 10.3 Å². The van der Waals surface area contributed by atoms with Gasteiger partial charge in [-0.2, -0.15) is 0 Å². The van der Waals surface area contributed by atoms with Crippen LogP contribution in [-0.2, 0) is 0 Å². The number of nitrogens with zero attached hydrogens (tertiary/aromatic N) is 1. The Hall–Kier alpha value is -1.88. The number of amides is 1. The number of anilines is 1. The molecule has 1 amide bonds. The number of hydrogen-bond acceptors (Lipinski definition) is 3. The summed E-state index contributed by atoms with van der Waals surface area (Å²) in [5.74, 6) is -0.171. The number of aromatic nitrogens is 1. The van der Waals surface area contributed by atoms with Crippen LogP contribution in [0.4, 0.5) is 5.69 Å². The van der Waals surface area contributed by atoms with Gasteiger partial charge in [-0.1, -0.05) is 12.1 Å². The van der Waals surface area contributed by atoms with Crippen molar-refractivity contribution in [3.63, 3.8) is 0 Å². The molecule has 5 heteroatoms. The smallest absolute Gasteiger partial charge is 0.252 e. The minimum absolute atomic E-state index is 0.116. The van der Waals surface area contributed by atoms with E-state index in [0.717, 1.165) is 5.56 Å². The molecule has 1 aromatic carbocycles. The Bertz CT molecular complexity index is 586. The minimum Gasteiger partial charge on any atom is -0.398 e. The Balaban J connectivity index is 2.16. The zero-order valence-corrected chi connectivity index (χ0v) is 12.0. The van der Waals surface area contributed by atoms with Crippen LogP contribution in [0, 0.1) is 0 Å². The monoisotopic (exact) mass is 319 g/mol. The quantitative estimate of drug-likeness (QED) is 0.855. The van der Waals surface area contributed by atoms with Crippen LogP contribution in [0.3, 0.4) is 0 Å². The molecule has 0 spiro atoms. The van der Waals surface area contributed by atoms with Crippen LogP contribution in [0.25, 0.3) is 0 Å². The first-order valence-corrected chi connectivity index (χ1v) is 6.63. The van der Waals surface area contributed by atoms with Gasteiger partial charge >= 0.3 is 0 Å². The summed E-state index contributed by atoms with van der Waals surface area (Å²) in [4.78, 5) is 16.2. The molecule has 2 rings (SSSR count). The van der Waals surface area contributed by atoms with Crippen molar-refractivity contribution in [2.75, 3.05) is 5.73 Å². The zero-order chi connectivity index (χ0) is 13.8. The summed E-state index contributed by atoms with van der Waals surface area (Å²) >= 11 is 3.33. The zero-order valence-electron chi connectivity index (χ0n) is 10.4. The highest BCUT2D eigenvalue weighted by molar-refractivity contribution is 9.10. The molecule has 0 saturated carbocycles. The molecule has 0 saturated heterocycles. The molecule has 0 fully saturated rings. The van der Waals surface area contributed by atoms with E-state index in [1.165, 1.54) is 0 Å². The second-order valence-corrected chi connectivity index (χ2v) is 4.98. The Morgan fingerprint density at radius 1 is 1.37 bits per heavy atom. The molecule has 1 atom stereocenters. The lowest BCUT2D eigenvalue weighted by atomic mass is 10.1. The fourth-order valence-electron chi connectivity index (χ4n) is 1.72. The highest BCUT2D eigenvalue weighted by Gasteiger charge is 2.15. The van der Waals surface area contributed by atoms with E-state index in [-0.39, 0.29) is 11.9 Å². The SMILES string of the molecule is CC(NC(=O)c1cccc(N)c1Br)c1cccnc1. The van der Waals surface area contributed by atoms with Crippen LogP contribution in [0.5, 0.6) is 0 Å². The fraction of sp³-hybridized carbons (Fsp3) is 0.143. The van der Waals surface area contributed by atoms with Gasteiger partial charge in [-0.3, -0.25) is 9.78 Å². The van der Waals surface area contributed by atoms with E-state index in [9.17, 15) is 4.79 Å². The van der Waals surface area contributed by atoms with Crippen molar-refractivity contribution >= 4 is 27.5 Å². The van der Waals surface area contributed by atoms with Crippen molar-refractivity contribution < 1.29 is 4.79 Å². The standard InChI is InChI=1S/C14H14BrN3O/c1-9(10-4-3-7-17-8-10)18-14(19)11-5-2-6-12(16)13(11)15/h2-9H,16H2,1H3,(H,18,19).